The molecule has 0 spiro atoms. The van der Waals surface area contributed by atoms with Crippen LogP contribution in [0.25, 0.3) is 0 Å². The Morgan fingerprint density at radius 2 is 2.40 bits per heavy atom. The molecule has 0 saturated heterocycles. The fourth-order valence-corrected chi connectivity index (χ4v) is 0.710. The summed E-state index contributed by atoms with van der Waals surface area (Å²) in [7, 11) is 0. The Bertz CT molecular complexity index is 262. The van der Waals surface area contributed by atoms with Crippen molar-refractivity contribution < 1.29 is 9.90 Å². The summed E-state index contributed by atoms with van der Waals surface area (Å²) in [5, 5.41) is 8.53. The van der Waals surface area contributed by atoms with Crippen LogP contribution in [0, 0.1) is 0 Å². The van der Waals surface area contributed by atoms with Crippen molar-refractivity contribution in [2.75, 3.05) is 0 Å². The van der Waals surface area contributed by atoms with Gasteiger partial charge in [-0.25, -0.2) is 0 Å². The molecule has 1 aromatic heterocycles. The molecule has 1 rings (SSSR count). The molecule has 1 N–H and O–H groups in total. The average molecular weight is 129 g/mol. The molecular formula is C6H4LiNO2. The summed E-state index contributed by atoms with van der Waals surface area (Å²) in [5.41, 5.74) is 0.266. The van der Waals surface area contributed by atoms with Crippen LogP contribution in [0.1, 0.15) is 10.4 Å². The fraction of sp³-hybridized carbons (Fsp3) is 0. The van der Waals surface area contributed by atoms with Gasteiger partial charge in [0.25, 0.3) is 0 Å². The van der Waals surface area contributed by atoms with Crippen molar-refractivity contribution in [3.05, 3.63) is 23.9 Å². The van der Waals surface area contributed by atoms with Crippen LogP contribution in [0.15, 0.2) is 18.3 Å². The van der Waals surface area contributed by atoms with Gasteiger partial charge in [0.2, 0.25) is 0 Å². The average Bonchev–Trinajstić information content (AvgIpc) is 1.88. The molecule has 0 bridgehead atoms. The van der Waals surface area contributed by atoms with Gasteiger partial charge >= 0.3 is 66.8 Å². The van der Waals surface area contributed by atoms with Crippen molar-refractivity contribution in [2.24, 2.45) is 0 Å². The van der Waals surface area contributed by atoms with Gasteiger partial charge < -0.3 is 0 Å². The van der Waals surface area contributed by atoms with Crippen LogP contribution in [0.5, 0.6) is 0 Å². The van der Waals surface area contributed by atoms with E-state index < -0.39 is 5.97 Å². The van der Waals surface area contributed by atoms with Gasteiger partial charge in [0.1, 0.15) is 0 Å². The summed E-state index contributed by atoms with van der Waals surface area (Å²) in [5.74, 6) is -0.925. The van der Waals surface area contributed by atoms with Crippen molar-refractivity contribution in [1.82, 2.24) is 4.98 Å². The van der Waals surface area contributed by atoms with Crippen LogP contribution in [-0.4, -0.2) is 33.8 Å². The minimum atomic E-state index is -0.925. The third-order valence-corrected chi connectivity index (χ3v) is 1.24. The quantitative estimate of drug-likeness (QED) is 0.523. The van der Waals surface area contributed by atoms with Gasteiger partial charge in [-0.2, -0.15) is 0 Å². The molecule has 0 fully saturated rings. The minimum absolute atomic E-state index is 0.266. The Balaban J connectivity index is 3.15. The van der Waals surface area contributed by atoms with E-state index in [9.17, 15) is 4.79 Å². The van der Waals surface area contributed by atoms with E-state index in [0.29, 0.717) is 4.37 Å². The molecule has 0 aromatic carbocycles. The second-order valence-electron chi connectivity index (χ2n) is 1.94. The number of hydrogen-bond acceptors (Lipinski definition) is 2. The van der Waals surface area contributed by atoms with Crippen molar-refractivity contribution in [3.63, 3.8) is 0 Å². The molecule has 0 radical (unpaired) electrons. The first kappa shape index (κ1) is 7.33. The van der Waals surface area contributed by atoms with E-state index in [-0.39, 0.29) is 5.56 Å². The van der Waals surface area contributed by atoms with Gasteiger partial charge in [-0.15, -0.1) is 0 Å². The zero-order valence-corrected chi connectivity index (χ0v) is 5.53. The molecule has 0 amide bonds. The van der Waals surface area contributed by atoms with Crippen LogP contribution >= 0.6 is 0 Å². The molecule has 4 heteroatoms. The van der Waals surface area contributed by atoms with Gasteiger partial charge in [0, 0.05) is 0 Å². The first-order valence-corrected chi connectivity index (χ1v) is 2.86. The van der Waals surface area contributed by atoms with E-state index in [1.54, 1.807) is 30.0 Å². The standard InChI is InChI=1S/C6H4NO2.Li/c8-6(9)5-2-1-3-7-4-5;/h1-3H,(H,8,9);. The fourth-order valence-electron chi connectivity index (χ4n) is 0.710. The summed E-state index contributed by atoms with van der Waals surface area (Å²) < 4.78 is 0.551. The molecule has 46 valence electrons. The molecule has 0 aliphatic rings. The Labute approximate surface area is 67.3 Å². The third-order valence-electron chi connectivity index (χ3n) is 1.24. The molecule has 1 aromatic rings. The van der Waals surface area contributed by atoms with Gasteiger partial charge in [-0.05, 0) is 0 Å². The molecular weight excluding hydrogens is 125 g/mol. The number of carboxylic acids is 1. The molecule has 0 aliphatic heterocycles. The third kappa shape index (κ3) is 1.38. The Hall–Kier alpha value is -0.783. The van der Waals surface area contributed by atoms with Crippen LogP contribution in [-0.2, 0) is 0 Å². The normalized spacial score (nSPS) is 9.40. The number of aromatic nitrogens is 1. The maximum absolute atomic E-state index is 10.4. The summed E-state index contributed by atoms with van der Waals surface area (Å²) in [6.07, 6.45) is 1.57. The Kier molecular flexibility index (Phi) is 2.10. The van der Waals surface area contributed by atoms with E-state index in [2.05, 4.69) is 4.98 Å². The first-order chi connectivity index (χ1) is 4.72. The second kappa shape index (κ2) is 2.87. The topological polar surface area (TPSA) is 50.2 Å². The van der Waals surface area contributed by atoms with E-state index in [1.165, 1.54) is 6.07 Å². The van der Waals surface area contributed by atoms with Gasteiger partial charge in [-0.1, -0.05) is 0 Å². The van der Waals surface area contributed by atoms with Crippen LogP contribution in [0.3, 0.4) is 0 Å². The molecule has 1 heterocycles. The zero-order valence-electron chi connectivity index (χ0n) is 5.53. The molecule has 0 atom stereocenters. The van der Waals surface area contributed by atoms with E-state index in [4.69, 9.17) is 5.11 Å². The predicted octanol–water partition coefficient (Wildman–Crippen LogP) is -0.426. The van der Waals surface area contributed by atoms with E-state index in [0.717, 1.165) is 0 Å². The zero-order chi connectivity index (χ0) is 7.56. The molecule has 0 unspecified atom stereocenters. The number of pyridine rings is 1. The van der Waals surface area contributed by atoms with Crippen LogP contribution < -0.4 is 4.37 Å². The number of nitrogens with zero attached hydrogens (tertiary/aromatic N) is 1. The van der Waals surface area contributed by atoms with Crippen LogP contribution in [0.4, 0.5) is 0 Å². The number of rotatable bonds is 1. The van der Waals surface area contributed by atoms with Crippen molar-refractivity contribution >= 4 is 28.1 Å². The van der Waals surface area contributed by atoms with Crippen molar-refractivity contribution in [1.29, 1.82) is 0 Å². The van der Waals surface area contributed by atoms with Gasteiger partial charge in [0.15, 0.2) is 0 Å². The Morgan fingerprint density at radius 1 is 1.70 bits per heavy atom. The monoisotopic (exact) mass is 129 g/mol. The number of carboxylic acid groups (broad SMARTS) is 1. The molecule has 10 heavy (non-hydrogen) atoms. The first-order valence-electron chi connectivity index (χ1n) is 2.86. The number of carbonyl (C=O) groups is 1. The van der Waals surface area contributed by atoms with Crippen molar-refractivity contribution in [3.8, 4) is 0 Å². The molecule has 3 nitrogen and oxygen atoms in total. The molecule has 0 aliphatic carbocycles. The number of aromatic carboxylic acids is 1. The van der Waals surface area contributed by atoms with E-state index in [1.807, 2.05) is 0 Å². The SMILES string of the molecule is [Li][c]1ncccc1C(=O)O. The number of hydrogen-bond donors (Lipinski definition) is 1. The second-order valence-corrected chi connectivity index (χ2v) is 1.94. The summed E-state index contributed by atoms with van der Waals surface area (Å²) in [6.45, 7) is 0. The van der Waals surface area contributed by atoms with Crippen molar-refractivity contribution in [2.45, 2.75) is 0 Å². The molecule has 0 saturated carbocycles. The van der Waals surface area contributed by atoms with Gasteiger partial charge in [-0.3, -0.25) is 0 Å². The summed E-state index contributed by atoms with van der Waals surface area (Å²) in [6, 6.07) is 3.14. The summed E-state index contributed by atoms with van der Waals surface area (Å²) >= 11 is 1.67. The summed E-state index contributed by atoms with van der Waals surface area (Å²) in [4.78, 5) is 14.2. The van der Waals surface area contributed by atoms with Gasteiger partial charge in [0.05, 0.1) is 0 Å². The van der Waals surface area contributed by atoms with E-state index >= 15 is 0 Å². The predicted molar refractivity (Wildman–Crippen MR) is 36.6 cm³/mol. The van der Waals surface area contributed by atoms with Crippen LogP contribution in [0.2, 0.25) is 0 Å². The Morgan fingerprint density at radius 3 is 2.80 bits per heavy atom. The maximum atomic E-state index is 10.4.